The van der Waals surface area contributed by atoms with E-state index >= 15 is 0 Å². The quantitative estimate of drug-likeness (QED) is 0.416. The Hall–Kier alpha value is -2.13. The predicted molar refractivity (Wildman–Crippen MR) is 101 cm³/mol. The van der Waals surface area contributed by atoms with Crippen molar-refractivity contribution in [3.05, 3.63) is 40.0 Å². The SMILES string of the molecule is CCOC(=O)c1cnc(SCC(=O)Nc2ccc(Br)c(C)c2)nc1N. The number of benzene rings is 1. The van der Waals surface area contributed by atoms with Crippen molar-refractivity contribution < 1.29 is 14.3 Å². The number of nitrogens with zero attached hydrogens (tertiary/aromatic N) is 2. The number of amides is 1. The lowest BCUT2D eigenvalue weighted by Crippen LogP contribution is -2.15. The highest BCUT2D eigenvalue weighted by molar-refractivity contribution is 9.10. The first kappa shape index (κ1) is 19.2. The average Bonchev–Trinajstić information content (AvgIpc) is 2.56. The lowest BCUT2D eigenvalue weighted by Gasteiger charge is -2.08. The number of esters is 1. The van der Waals surface area contributed by atoms with Gasteiger partial charge in [0.15, 0.2) is 5.16 Å². The molecule has 0 bridgehead atoms. The zero-order valence-electron chi connectivity index (χ0n) is 13.7. The largest absolute Gasteiger partial charge is 0.462 e. The molecule has 0 saturated carbocycles. The minimum absolute atomic E-state index is 0.0277. The molecular formula is C16H17BrN4O3S. The summed E-state index contributed by atoms with van der Waals surface area (Å²) in [7, 11) is 0. The van der Waals surface area contributed by atoms with Gasteiger partial charge in [-0.05, 0) is 37.6 Å². The number of aromatic nitrogens is 2. The van der Waals surface area contributed by atoms with Gasteiger partial charge in [-0.2, -0.15) is 0 Å². The Morgan fingerprint density at radius 3 is 2.80 bits per heavy atom. The van der Waals surface area contributed by atoms with Gasteiger partial charge in [0.1, 0.15) is 11.4 Å². The Bertz CT molecular complexity index is 801. The van der Waals surface area contributed by atoms with Gasteiger partial charge in [-0.15, -0.1) is 0 Å². The molecule has 0 spiro atoms. The van der Waals surface area contributed by atoms with Crippen molar-refractivity contribution in [1.29, 1.82) is 0 Å². The van der Waals surface area contributed by atoms with Gasteiger partial charge < -0.3 is 15.8 Å². The number of nitrogens with two attached hydrogens (primary N) is 1. The predicted octanol–water partition coefficient (Wildman–Crippen LogP) is 3.04. The van der Waals surface area contributed by atoms with Gasteiger partial charge in [0, 0.05) is 16.4 Å². The lowest BCUT2D eigenvalue weighted by molar-refractivity contribution is -0.113. The van der Waals surface area contributed by atoms with E-state index in [1.807, 2.05) is 25.1 Å². The molecule has 3 N–H and O–H groups in total. The smallest absolute Gasteiger partial charge is 0.343 e. The van der Waals surface area contributed by atoms with Gasteiger partial charge in [-0.25, -0.2) is 14.8 Å². The topological polar surface area (TPSA) is 107 Å². The molecule has 0 atom stereocenters. The fourth-order valence-corrected chi connectivity index (χ4v) is 2.73. The molecule has 9 heteroatoms. The molecule has 2 rings (SSSR count). The molecule has 0 unspecified atom stereocenters. The number of aryl methyl sites for hydroxylation is 1. The number of nitrogens with one attached hydrogen (secondary N) is 1. The summed E-state index contributed by atoms with van der Waals surface area (Å²) >= 11 is 4.54. The standard InChI is InChI=1S/C16H17BrN4O3S/c1-3-24-15(23)11-7-19-16(21-14(11)18)25-8-13(22)20-10-4-5-12(17)9(2)6-10/h4-7H,3,8H2,1-2H3,(H,20,22)(H2,18,19,21). The van der Waals surface area contributed by atoms with Crippen LogP contribution < -0.4 is 11.1 Å². The molecule has 132 valence electrons. The summed E-state index contributed by atoms with van der Waals surface area (Å²) in [6.45, 7) is 3.88. The average molecular weight is 425 g/mol. The maximum Gasteiger partial charge on any atom is 0.343 e. The molecule has 7 nitrogen and oxygen atoms in total. The third-order valence-corrected chi connectivity index (χ3v) is 4.82. The minimum Gasteiger partial charge on any atom is -0.462 e. The van der Waals surface area contributed by atoms with Crippen LogP contribution in [0.5, 0.6) is 0 Å². The highest BCUT2D eigenvalue weighted by Crippen LogP contribution is 2.21. The number of halogens is 1. The minimum atomic E-state index is -0.570. The summed E-state index contributed by atoms with van der Waals surface area (Å²) in [6, 6.07) is 5.55. The number of carbonyl (C=O) groups is 2. The molecule has 1 aromatic heterocycles. The Kier molecular flexibility index (Phi) is 6.77. The van der Waals surface area contributed by atoms with Crippen LogP contribution >= 0.6 is 27.7 Å². The summed E-state index contributed by atoms with van der Waals surface area (Å²) in [6.07, 6.45) is 1.30. The monoisotopic (exact) mass is 424 g/mol. The Morgan fingerprint density at radius 1 is 1.40 bits per heavy atom. The highest BCUT2D eigenvalue weighted by atomic mass is 79.9. The van der Waals surface area contributed by atoms with Gasteiger partial charge in [-0.3, -0.25) is 4.79 Å². The lowest BCUT2D eigenvalue weighted by atomic mass is 10.2. The first-order chi connectivity index (χ1) is 11.9. The third-order valence-electron chi connectivity index (χ3n) is 3.07. The Labute approximate surface area is 157 Å². The third kappa shape index (κ3) is 5.43. The van der Waals surface area contributed by atoms with Gasteiger partial charge in [0.25, 0.3) is 0 Å². The Morgan fingerprint density at radius 2 is 2.16 bits per heavy atom. The van der Waals surface area contributed by atoms with Crippen LogP contribution in [0.15, 0.2) is 34.0 Å². The molecule has 0 aliphatic rings. The van der Waals surface area contributed by atoms with E-state index in [0.717, 1.165) is 21.8 Å². The summed E-state index contributed by atoms with van der Waals surface area (Å²) in [5.41, 5.74) is 7.59. The zero-order valence-corrected chi connectivity index (χ0v) is 16.1. The second-order valence-corrected chi connectivity index (χ2v) is 6.77. The fourth-order valence-electron chi connectivity index (χ4n) is 1.86. The maximum atomic E-state index is 12.0. The molecule has 0 aliphatic carbocycles. The van der Waals surface area contributed by atoms with Crippen LogP contribution in [-0.4, -0.2) is 34.2 Å². The van der Waals surface area contributed by atoms with E-state index in [9.17, 15) is 9.59 Å². The molecule has 1 heterocycles. The summed E-state index contributed by atoms with van der Waals surface area (Å²) in [5, 5.41) is 3.11. The number of nitrogen functional groups attached to an aromatic ring is 1. The fraction of sp³-hybridized carbons (Fsp3) is 0.250. The molecule has 0 saturated heterocycles. The number of anilines is 2. The van der Waals surface area contributed by atoms with Crippen LogP contribution in [0.25, 0.3) is 0 Å². The van der Waals surface area contributed by atoms with Crippen molar-refractivity contribution in [3.8, 4) is 0 Å². The molecule has 25 heavy (non-hydrogen) atoms. The highest BCUT2D eigenvalue weighted by Gasteiger charge is 2.14. The van der Waals surface area contributed by atoms with Crippen molar-refractivity contribution >= 4 is 51.1 Å². The summed E-state index contributed by atoms with van der Waals surface area (Å²) in [4.78, 5) is 31.7. The Balaban J connectivity index is 1.94. The molecule has 1 aromatic carbocycles. The second-order valence-electron chi connectivity index (χ2n) is 4.97. The first-order valence-corrected chi connectivity index (χ1v) is 9.17. The van der Waals surface area contributed by atoms with E-state index < -0.39 is 5.97 Å². The molecular weight excluding hydrogens is 408 g/mol. The number of hydrogen-bond donors (Lipinski definition) is 2. The summed E-state index contributed by atoms with van der Waals surface area (Å²) < 4.78 is 5.84. The van der Waals surface area contributed by atoms with Crippen LogP contribution in [0.4, 0.5) is 11.5 Å². The van der Waals surface area contributed by atoms with Crippen LogP contribution in [0, 0.1) is 6.92 Å². The van der Waals surface area contributed by atoms with Crippen LogP contribution in [0.1, 0.15) is 22.8 Å². The van der Waals surface area contributed by atoms with E-state index in [1.54, 1.807) is 6.92 Å². The van der Waals surface area contributed by atoms with Gasteiger partial charge in [-0.1, -0.05) is 27.7 Å². The normalized spacial score (nSPS) is 10.4. The molecule has 2 aromatic rings. The van der Waals surface area contributed by atoms with Crippen LogP contribution in [0.3, 0.4) is 0 Å². The number of rotatable bonds is 6. The van der Waals surface area contributed by atoms with Crippen molar-refractivity contribution in [3.63, 3.8) is 0 Å². The van der Waals surface area contributed by atoms with Crippen LogP contribution in [0.2, 0.25) is 0 Å². The zero-order chi connectivity index (χ0) is 18.4. The molecule has 1 amide bonds. The van der Waals surface area contributed by atoms with Gasteiger partial charge >= 0.3 is 5.97 Å². The van der Waals surface area contributed by atoms with Crippen molar-refractivity contribution in [2.45, 2.75) is 19.0 Å². The van der Waals surface area contributed by atoms with Crippen molar-refractivity contribution in [2.75, 3.05) is 23.4 Å². The van der Waals surface area contributed by atoms with E-state index in [2.05, 4.69) is 31.2 Å². The van der Waals surface area contributed by atoms with E-state index in [0.29, 0.717) is 10.8 Å². The first-order valence-electron chi connectivity index (χ1n) is 7.39. The summed E-state index contributed by atoms with van der Waals surface area (Å²) in [5.74, 6) is -0.615. The number of thioether (sulfide) groups is 1. The van der Waals surface area contributed by atoms with Crippen LogP contribution in [-0.2, 0) is 9.53 Å². The van der Waals surface area contributed by atoms with Crippen molar-refractivity contribution in [1.82, 2.24) is 9.97 Å². The number of carbonyl (C=O) groups excluding carboxylic acids is 2. The molecule has 0 radical (unpaired) electrons. The van der Waals surface area contributed by atoms with Gasteiger partial charge in [0.2, 0.25) is 5.91 Å². The molecule has 0 fully saturated rings. The van der Waals surface area contributed by atoms with Crippen molar-refractivity contribution in [2.24, 2.45) is 0 Å². The second kappa shape index (κ2) is 8.82. The van der Waals surface area contributed by atoms with Gasteiger partial charge in [0.05, 0.1) is 12.4 Å². The molecule has 0 aliphatic heterocycles. The number of hydrogen-bond acceptors (Lipinski definition) is 7. The van der Waals surface area contributed by atoms with E-state index in [4.69, 9.17) is 10.5 Å². The number of ether oxygens (including phenoxy) is 1. The maximum absolute atomic E-state index is 12.0. The van der Waals surface area contributed by atoms with E-state index in [1.165, 1.54) is 6.20 Å². The van der Waals surface area contributed by atoms with E-state index in [-0.39, 0.29) is 29.6 Å².